The lowest BCUT2D eigenvalue weighted by Gasteiger charge is -2.32. The summed E-state index contributed by atoms with van der Waals surface area (Å²) in [5, 5.41) is 10.9. The maximum Gasteiger partial charge on any atom is 0.223 e. The quantitative estimate of drug-likeness (QED) is 0.941. The topological polar surface area (TPSA) is 75.0 Å². The van der Waals surface area contributed by atoms with Crippen LogP contribution in [-0.2, 0) is 11.2 Å². The lowest BCUT2D eigenvalue weighted by atomic mass is 9.94. The normalized spacial score (nSPS) is 18.9. The second-order valence-electron chi connectivity index (χ2n) is 5.31. The van der Waals surface area contributed by atoms with Crippen LogP contribution in [0.1, 0.15) is 36.6 Å². The molecule has 0 saturated carbocycles. The minimum absolute atomic E-state index is 0.145. The van der Waals surface area contributed by atoms with Crippen molar-refractivity contribution in [2.45, 2.75) is 31.6 Å². The summed E-state index contributed by atoms with van der Waals surface area (Å²) in [5.41, 5.74) is 1.11. The molecular weight excluding hydrogens is 292 g/mol. The van der Waals surface area contributed by atoms with Crippen LogP contribution in [0.15, 0.2) is 22.9 Å². The van der Waals surface area contributed by atoms with Crippen molar-refractivity contribution >= 4 is 17.5 Å². The van der Waals surface area contributed by atoms with Crippen LogP contribution in [0.3, 0.4) is 0 Å². The molecule has 1 amide bonds. The minimum Gasteiger partial charge on any atom is -0.360 e. The average molecular weight is 309 g/mol. The molecule has 1 atom stereocenters. The molecule has 1 unspecified atom stereocenters. The van der Waals surface area contributed by atoms with Gasteiger partial charge in [-0.1, -0.05) is 16.8 Å². The molecule has 0 aromatic carbocycles. The van der Waals surface area contributed by atoms with E-state index in [9.17, 15) is 4.79 Å². The number of carbonyl (C=O) groups is 1. The van der Waals surface area contributed by atoms with Gasteiger partial charge in [0.25, 0.3) is 0 Å². The Hall–Kier alpha value is -1.82. The summed E-state index contributed by atoms with van der Waals surface area (Å²) >= 11 is 5.69. The lowest BCUT2D eigenvalue weighted by Crippen LogP contribution is -2.39. The molecular formula is C14H17ClN4O2. The number of H-pyrrole nitrogens is 1. The Labute approximate surface area is 127 Å². The van der Waals surface area contributed by atoms with Gasteiger partial charge in [0.1, 0.15) is 5.76 Å². The molecule has 2 aromatic heterocycles. The number of likely N-dealkylation sites (tertiary alicyclic amines) is 1. The lowest BCUT2D eigenvalue weighted by molar-refractivity contribution is -0.132. The van der Waals surface area contributed by atoms with Crippen molar-refractivity contribution in [2.75, 3.05) is 13.1 Å². The molecule has 6 nitrogen and oxygen atoms in total. The third kappa shape index (κ3) is 3.44. The number of aromatic amines is 1. The first-order valence-corrected chi connectivity index (χ1v) is 7.48. The average Bonchev–Trinajstić information content (AvgIpc) is 3.16. The molecule has 1 fully saturated rings. The number of aryl methyl sites for hydroxylation is 1. The largest absolute Gasteiger partial charge is 0.360 e. The van der Waals surface area contributed by atoms with Gasteiger partial charge in [0.05, 0.1) is 0 Å². The van der Waals surface area contributed by atoms with E-state index in [2.05, 4.69) is 15.4 Å². The molecule has 1 N–H and O–H groups in total. The Bertz CT molecular complexity index is 596. The van der Waals surface area contributed by atoms with E-state index in [1.807, 2.05) is 11.0 Å². The number of nitrogens with zero attached hydrogens (tertiary/aromatic N) is 3. The summed E-state index contributed by atoms with van der Waals surface area (Å²) in [6.45, 7) is 1.57. The third-order valence-corrected chi connectivity index (χ3v) is 4.03. The van der Waals surface area contributed by atoms with E-state index in [1.165, 1.54) is 0 Å². The summed E-state index contributed by atoms with van der Waals surface area (Å²) in [4.78, 5) is 14.2. The number of hydrogen-bond donors (Lipinski definition) is 1. The molecule has 1 aliphatic rings. The molecule has 3 heterocycles. The van der Waals surface area contributed by atoms with E-state index in [0.717, 1.165) is 31.6 Å². The van der Waals surface area contributed by atoms with Crippen molar-refractivity contribution in [3.05, 3.63) is 34.9 Å². The summed E-state index contributed by atoms with van der Waals surface area (Å²) in [7, 11) is 0. The van der Waals surface area contributed by atoms with Crippen LogP contribution in [0.2, 0.25) is 5.15 Å². The molecule has 3 rings (SSSR count). The van der Waals surface area contributed by atoms with E-state index in [1.54, 1.807) is 12.3 Å². The van der Waals surface area contributed by atoms with Crippen LogP contribution < -0.4 is 0 Å². The fourth-order valence-electron chi connectivity index (χ4n) is 2.75. The highest BCUT2D eigenvalue weighted by Crippen LogP contribution is 2.25. The van der Waals surface area contributed by atoms with Gasteiger partial charge in [-0.3, -0.25) is 9.89 Å². The van der Waals surface area contributed by atoms with Crippen molar-refractivity contribution in [3.63, 3.8) is 0 Å². The standard InChI is InChI=1S/C14H17ClN4O2/c15-13-8-11(21-18-13)3-4-14(20)19-7-1-2-10(9-19)12-5-6-16-17-12/h5-6,8,10H,1-4,7,9H2,(H,16,17). The maximum absolute atomic E-state index is 12.3. The van der Waals surface area contributed by atoms with Gasteiger partial charge in [-0.15, -0.1) is 0 Å². The summed E-state index contributed by atoms with van der Waals surface area (Å²) < 4.78 is 5.02. The van der Waals surface area contributed by atoms with E-state index >= 15 is 0 Å². The Morgan fingerprint density at radius 2 is 2.48 bits per heavy atom. The van der Waals surface area contributed by atoms with E-state index < -0.39 is 0 Å². The zero-order chi connectivity index (χ0) is 14.7. The number of piperidine rings is 1. The maximum atomic E-state index is 12.3. The number of rotatable bonds is 4. The van der Waals surface area contributed by atoms with Crippen LogP contribution in [0.25, 0.3) is 0 Å². The molecule has 21 heavy (non-hydrogen) atoms. The van der Waals surface area contributed by atoms with Crippen LogP contribution in [0.5, 0.6) is 0 Å². The van der Waals surface area contributed by atoms with Crippen molar-refractivity contribution < 1.29 is 9.32 Å². The van der Waals surface area contributed by atoms with Gasteiger partial charge in [0.2, 0.25) is 5.91 Å². The molecule has 1 saturated heterocycles. The molecule has 1 aliphatic heterocycles. The van der Waals surface area contributed by atoms with Gasteiger partial charge >= 0.3 is 0 Å². The molecule has 0 spiro atoms. The number of hydrogen-bond acceptors (Lipinski definition) is 4. The van der Waals surface area contributed by atoms with Gasteiger partial charge in [-0.25, -0.2) is 0 Å². The van der Waals surface area contributed by atoms with Crippen molar-refractivity contribution in [3.8, 4) is 0 Å². The highest BCUT2D eigenvalue weighted by atomic mass is 35.5. The first-order valence-electron chi connectivity index (χ1n) is 7.10. The van der Waals surface area contributed by atoms with Crippen molar-refractivity contribution in [1.29, 1.82) is 0 Å². The molecule has 0 radical (unpaired) electrons. The molecule has 7 heteroatoms. The molecule has 112 valence electrons. The number of halogens is 1. The predicted octanol–water partition coefficient (Wildman–Crippen LogP) is 2.39. The minimum atomic E-state index is 0.145. The van der Waals surface area contributed by atoms with Gasteiger partial charge in [0, 0.05) is 49.8 Å². The smallest absolute Gasteiger partial charge is 0.223 e. The summed E-state index contributed by atoms with van der Waals surface area (Å²) in [6.07, 6.45) is 4.81. The van der Waals surface area contributed by atoms with E-state index in [4.69, 9.17) is 16.1 Å². The van der Waals surface area contributed by atoms with Crippen LogP contribution in [-0.4, -0.2) is 39.3 Å². The first-order chi connectivity index (χ1) is 10.2. The number of nitrogens with one attached hydrogen (secondary N) is 1. The van der Waals surface area contributed by atoms with E-state index in [-0.39, 0.29) is 5.91 Å². The van der Waals surface area contributed by atoms with Crippen LogP contribution in [0.4, 0.5) is 0 Å². The Balaban J connectivity index is 1.54. The predicted molar refractivity (Wildman–Crippen MR) is 77.0 cm³/mol. The van der Waals surface area contributed by atoms with Crippen LogP contribution in [0, 0.1) is 0 Å². The molecule has 0 aliphatic carbocycles. The van der Waals surface area contributed by atoms with Gasteiger partial charge in [-0.2, -0.15) is 5.10 Å². The summed E-state index contributed by atoms with van der Waals surface area (Å²) in [6, 6.07) is 3.63. The highest BCUT2D eigenvalue weighted by Gasteiger charge is 2.25. The zero-order valence-electron chi connectivity index (χ0n) is 11.6. The second kappa shape index (κ2) is 6.30. The fraction of sp³-hybridized carbons (Fsp3) is 0.500. The highest BCUT2D eigenvalue weighted by molar-refractivity contribution is 6.29. The van der Waals surface area contributed by atoms with Crippen molar-refractivity contribution in [1.82, 2.24) is 20.3 Å². The number of carbonyl (C=O) groups excluding carboxylic acids is 1. The van der Waals surface area contributed by atoms with Gasteiger partial charge in [-0.05, 0) is 18.9 Å². The monoisotopic (exact) mass is 308 g/mol. The number of amides is 1. The van der Waals surface area contributed by atoms with Gasteiger partial charge in [0.15, 0.2) is 5.15 Å². The summed E-state index contributed by atoms with van der Waals surface area (Å²) in [5.74, 6) is 1.15. The van der Waals surface area contributed by atoms with Gasteiger partial charge < -0.3 is 9.42 Å². The fourth-order valence-corrected chi connectivity index (χ4v) is 2.90. The zero-order valence-corrected chi connectivity index (χ0v) is 12.3. The van der Waals surface area contributed by atoms with E-state index in [0.29, 0.717) is 29.7 Å². The molecule has 0 bridgehead atoms. The first kappa shape index (κ1) is 14.1. The Morgan fingerprint density at radius 3 is 3.19 bits per heavy atom. The molecule has 2 aromatic rings. The SMILES string of the molecule is O=C(CCc1cc(Cl)no1)N1CCCC(c2ccn[nH]2)C1. The van der Waals surface area contributed by atoms with Crippen LogP contribution >= 0.6 is 11.6 Å². The Kier molecular flexibility index (Phi) is 4.24. The number of aromatic nitrogens is 3. The Morgan fingerprint density at radius 1 is 1.57 bits per heavy atom. The third-order valence-electron chi connectivity index (χ3n) is 3.85. The van der Waals surface area contributed by atoms with Crippen molar-refractivity contribution in [2.24, 2.45) is 0 Å². The second-order valence-corrected chi connectivity index (χ2v) is 5.69.